The maximum Gasteiger partial charge on any atom is 0.253 e. The number of nitrogens with one attached hydrogen (secondary N) is 2. The Morgan fingerprint density at radius 3 is 2.76 bits per heavy atom. The number of aromatic nitrogens is 1. The molecular formula is C17H24N2O2. The van der Waals surface area contributed by atoms with Crippen LogP contribution in [0, 0.1) is 31.6 Å². The number of aromatic amines is 1. The Hall–Kier alpha value is -1.58. The average Bonchev–Trinajstić information content (AvgIpc) is 2.99. The summed E-state index contributed by atoms with van der Waals surface area (Å²) >= 11 is 0. The summed E-state index contributed by atoms with van der Waals surface area (Å²) in [7, 11) is 0. The lowest BCUT2D eigenvalue weighted by molar-refractivity contribution is -0.122. The van der Waals surface area contributed by atoms with Crippen molar-refractivity contribution in [1.82, 2.24) is 10.3 Å². The number of hydrogen-bond acceptors (Lipinski definition) is 2. The van der Waals surface area contributed by atoms with Gasteiger partial charge in [0.05, 0.1) is 0 Å². The van der Waals surface area contributed by atoms with Crippen LogP contribution in [0.25, 0.3) is 0 Å². The Balaban J connectivity index is 1.56. The molecule has 4 heteroatoms. The molecule has 2 bridgehead atoms. The Labute approximate surface area is 125 Å². The highest BCUT2D eigenvalue weighted by Crippen LogP contribution is 2.49. The Bertz CT molecular complexity index is 605. The maximum absolute atomic E-state index is 12.1. The Morgan fingerprint density at radius 1 is 1.33 bits per heavy atom. The molecule has 21 heavy (non-hydrogen) atoms. The highest BCUT2D eigenvalue weighted by molar-refractivity contribution is 5.76. The number of hydrogen-bond donors (Lipinski definition) is 2. The molecule has 114 valence electrons. The fourth-order valence-electron chi connectivity index (χ4n) is 4.22. The molecule has 0 aromatic carbocycles. The molecule has 0 spiro atoms. The number of rotatable bonds is 4. The van der Waals surface area contributed by atoms with E-state index in [4.69, 9.17) is 0 Å². The molecule has 2 aliphatic rings. The van der Waals surface area contributed by atoms with Crippen molar-refractivity contribution in [2.45, 2.75) is 52.5 Å². The highest BCUT2D eigenvalue weighted by atomic mass is 16.1. The van der Waals surface area contributed by atoms with Crippen LogP contribution >= 0.6 is 0 Å². The molecule has 2 fully saturated rings. The summed E-state index contributed by atoms with van der Waals surface area (Å²) in [5, 5.41) is 2.93. The van der Waals surface area contributed by atoms with E-state index in [9.17, 15) is 9.59 Å². The van der Waals surface area contributed by atoms with E-state index in [1.54, 1.807) is 0 Å². The van der Waals surface area contributed by atoms with Gasteiger partial charge in [-0.05, 0) is 62.5 Å². The molecule has 0 aliphatic heterocycles. The first-order chi connectivity index (χ1) is 10.0. The number of H-pyrrole nitrogens is 1. The van der Waals surface area contributed by atoms with E-state index in [0.29, 0.717) is 24.4 Å². The predicted octanol–water partition coefficient (Wildman–Crippen LogP) is 2.43. The topological polar surface area (TPSA) is 62.0 Å². The summed E-state index contributed by atoms with van der Waals surface area (Å²) in [5.74, 6) is 2.30. The first-order valence-electron chi connectivity index (χ1n) is 7.99. The average molecular weight is 288 g/mol. The van der Waals surface area contributed by atoms with Crippen LogP contribution in [0.4, 0.5) is 0 Å². The fraction of sp³-hybridized carbons (Fsp3) is 0.647. The van der Waals surface area contributed by atoms with Gasteiger partial charge in [-0.2, -0.15) is 0 Å². The third kappa shape index (κ3) is 3.04. The van der Waals surface area contributed by atoms with Crippen LogP contribution in [-0.4, -0.2) is 10.9 Å². The van der Waals surface area contributed by atoms with Crippen molar-refractivity contribution in [2.24, 2.45) is 17.8 Å². The molecule has 2 aliphatic carbocycles. The van der Waals surface area contributed by atoms with Crippen LogP contribution < -0.4 is 10.9 Å². The van der Waals surface area contributed by atoms with E-state index >= 15 is 0 Å². The van der Waals surface area contributed by atoms with Crippen molar-refractivity contribution in [3.8, 4) is 0 Å². The molecule has 1 aromatic heterocycles. The lowest BCUT2D eigenvalue weighted by Crippen LogP contribution is -2.30. The molecule has 1 amide bonds. The molecule has 2 saturated carbocycles. The van der Waals surface area contributed by atoms with E-state index in [-0.39, 0.29) is 11.5 Å². The standard InChI is InChI=1S/C17H24N2O2/c1-10-5-11(2)19-17(21)15(10)9-18-16(20)8-14-7-12-3-4-13(14)6-12/h5,12-14H,3-4,6-9H2,1-2H3,(H,18,20)(H,19,21)/t12-,13-,14-/m1/s1. The minimum absolute atomic E-state index is 0.0897. The zero-order valence-corrected chi connectivity index (χ0v) is 12.9. The monoisotopic (exact) mass is 288 g/mol. The summed E-state index contributed by atoms with van der Waals surface area (Å²) in [5.41, 5.74) is 2.38. The van der Waals surface area contributed by atoms with Crippen LogP contribution in [0.15, 0.2) is 10.9 Å². The van der Waals surface area contributed by atoms with Crippen LogP contribution in [0.5, 0.6) is 0 Å². The van der Waals surface area contributed by atoms with Crippen LogP contribution in [0.2, 0.25) is 0 Å². The van der Waals surface area contributed by atoms with E-state index in [1.807, 2.05) is 19.9 Å². The van der Waals surface area contributed by atoms with E-state index < -0.39 is 0 Å². The van der Waals surface area contributed by atoms with E-state index in [0.717, 1.165) is 23.1 Å². The van der Waals surface area contributed by atoms with Crippen molar-refractivity contribution in [1.29, 1.82) is 0 Å². The molecular weight excluding hydrogens is 264 g/mol. The fourth-order valence-corrected chi connectivity index (χ4v) is 4.22. The van der Waals surface area contributed by atoms with Crippen molar-refractivity contribution >= 4 is 5.91 Å². The highest BCUT2D eigenvalue weighted by Gasteiger charge is 2.40. The number of carbonyl (C=O) groups excluding carboxylic acids is 1. The van der Waals surface area contributed by atoms with Gasteiger partial charge < -0.3 is 10.3 Å². The summed E-state index contributed by atoms with van der Waals surface area (Å²) in [6, 6.07) is 1.94. The summed E-state index contributed by atoms with van der Waals surface area (Å²) < 4.78 is 0. The zero-order chi connectivity index (χ0) is 15.0. The SMILES string of the molecule is Cc1cc(C)c(CNC(=O)C[C@H]2C[C@@H]3CC[C@@H]2C3)c(=O)[nH]1. The third-order valence-corrected chi connectivity index (χ3v) is 5.29. The third-order valence-electron chi connectivity index (χ3n) is 5.29. The van der Waals surface area contributed by atoms with Crippen molar-refractivity contribution in [3.63, 3.8) is 0 Å². The lowest BCUT2D eigenvalue weighted by Gasteiger charge is -2.21. The number of pyridine rings is 1. The van der Waals surface area contributed by atoms with Crippen LogP contribution in [0.3, 0.4) is 0 Å². The number of carbonyl (C=O) groups is 1. The Morgan fingerprint density at radius 2 is 2.14 bits per heavy atom. The quantitative estimate of drug-likeness (QED) is 0.894. The zero-order valence-electron chi connectivity index (χ0n) is 12.9. The van der Waals surface area contributed by atoms with Gasteiger partial charge in [0.2, 0.25) is 5.91 Å². The normalized spacial score (nSPS) is 27.0. The minimum Gasteiger partial charge on any atom is -0.352 e. The van der Waals surface area contributed by atoms with Gasteiger partial charge in [-0.3, -0.25) is 9.59 Å². The minimum atomic E-state index is -0.0901. The number of amides is 1. The molecule has 2 N–H and O–H groups in total. The smallest absolute Gasteiger partial charge is 0.253 e. The lowest BCUT2D eigenvalue weighted by atomic mass is 9.86. The summed E-state index contributed by atoms with van der Waals surface area (Å²) in [4.78, 5) is 26.8. The number of fused-ring (bicyclic) bond motifs is 2. The molecule has 0 saturated heterocycles. The first-order valence-corrected chi connectivity index (χ1v) is 7.99. The van der Waals surface area contributed by atoms with Gasteiger partial charge in [-0.15, -0.1) is 0 Å². The second kappa shape index (κ2) is 5.66. The first kappa shape index (κ1) is 14.4. The maximum atomic E-state index is 12.1. The molecule has 1 heterocycles. The van der Waals surface area contributed by atoms with Gasteiger partial charge in [0.15, 0.2) is 0 Å². The second-order valence-corrected chi connectivity index (χ2v) is 6.86. The number of aryl methyl sites for hydroxylation is 2. The molecule has 3 rings (SSSR count). The van der Waals surface area contributed by atoms with Gasteiger partial charge in [0, 0.05) is 24.2 Å². The summed E-state index contributed by atoms with van der Waals surface area (Å²) in [6.07, 6.45) is 5.85. The van der Waals surface area contributed by atoms with Gasteiger partial charge >= 0.3 is 0 Å². The van der Waals surface area contributed by atoms with Crippen molar-refractivity contribution in [2.75, 3.05) is 0 Å². The summed E-state index contributed by atoms with van der Waals surface area (Å²) in [6.45, 7) is 4.12. The second-order valence-electron chi connectivity index (χ2n) is 6.86. The van der Waals surface area contributed by atoms with E-state index in [1.165, 1.54) is 25.7 Å². The van der Waals surface area contributed by atoms with Gasteiger partial charge in [-0.25, -0.2) is 0 Å². The van der Waals surface area contributed by atoms with Crippen molar-refractivity contribution in [3.05, 3.63) is 33.2 Å². The van der Waals surface area contributed by atoms with Gasteiger partial charge in [0.25, 0.3) is 5.56 Å². The van der Waals surface area contributed by atoms with Crippen LogP contribution in [-0.2, 0) is 11.3 Å². The molecule has 4 nitrogen and oxygen atoms in total. The largest absolute Gasteiger partial charge is 0.352 e. The van der Waals surface area contributed by atoms with Crippen LogP contribution in [0.1, 0.15) is 48.9 Å². The predicted molar refractivity (Wildman–Crippen MR) is 81.9 cm³/mol. The molecule has 1 aromatic rings. The van der Waals surface area contributed by atoms with Gasteiger partial charge in [0.1, 0.15) is 0 Å². The van der Waals surface area contributed by atoms with E-state index in [2.05, 4.69) is 10.3 Å². The Kier molecular flexibility index (Phi) is 3.87. The molecule has 3 atom stereocenters. The molecule has 0 radical (unpaired) electrons. The molecule has 0 unspecified atom stereocenters. The van der Waals surface area contributed by atoms with Crippen molar-refractivity contribution < 1.29 is 4.79 Å². The van der Waals surface area contributed by atoms with Gasteiger partial charge in [-0.1, -0.05) is 6.42 Å².